The molecule has 9 heteroatoms. The Balaban J connectivity index is 1.33. The number of aromatic nitrogens is 1. The van der Waals surface area contributed by atoms with E-state index in [0.717, 1.165) is 32.9 Å². The number of thiophene rings is 1. The van der Waals surface area contributed by atoms with E-state index in [-0.39, 0.29) is 12.0 Å². The van der Waals surface area contributed by atoms with Gasteiger partial charge in [-0.3, -0.25) is 9.78 Å². The number of ether oxygens (including phenoxy) is 2. The van der Waals surface area contributed by atoms with Gasteiger partial charge in [0.15, 0.2) is 0 Å². The summed E-state index contributed by atoms with van der Waals surface area (Å²) in [5.74, 6) is 0.696. The largest absolute Gasteiger partial charge is 0.494 e. The molecule has 1 aliphatic rings. The fraction of sp³-hybridized carbons (Fsp3) is 0.333. The number of amides is 2. The number of carbonyl (C=O) groups is 2. The van der Waals surface area contributed by atoms with Crippen molar-refractivity contribution < 1.29 is 19.1 Å². The number of nitrogens with one attached hydrogen (secondary N) is 3. The minimum Gasteiger partial charge on any atom is -0.494 e. The van der Waals surface area contributed by atoms with Crippen LogP contribution < -0.4 is 15.4 Å². The highest BCUT2D eigenvalue weighted by Crippen LogP contribution is 2.38. The topological polar surface area (TPSA) is 113 Å². The molecule has 3 aromatic rings. The van der Waals surface area contributed by atoms with E-state index in [1.807, 2.05) is 43.3 Å². The number of fused-ring (bicyclic) bond motifs is 1. The van der Waals surface area contributed by atoms with Crippen LogP contribution in [0, 0.1) is 5.41 Å². The van der Waals surface area contributed by atoms with Gasteiger partial charge in [0.25, 0.3) is 0 Å². The maximum atomic E-state index is 12.7. The fourth-order valence-corrected chi connectivity index (χ4v) is 5.55. The molecule has 1 aromatic carbocycles. The molecule has 3 N–H and O–H groups in total. The van der Waals surface area contributed by atoms with Crippen LogP contribution >= 0.6 is 11.3 Å². The van der Waals surface area contributed by atoms with Crippen LogP contribution in [0.15, 0.2) is 48.8 Å². The number of hydrogen-bond donors (Lipinski definition) is 3. The van der Waals surface area contributed by atoms with Crippen molar-refractivity contribution in [1.82, 2.24) is 10.3 Å². The van der Waals surface area contributed by atoms with Gasteiger partial charge in [-0.15, -0.1) is 11.3 Å². The highest BCUT2D eigenvalue weighted by molar-refractivity contribution is 7.16. The van der Waals surface area contributed by atoms with Crippen molar-refractivity contribution in [1.29, 1.82) is 5.41 Å². The summed E-state index contributed by atoms with van der Waals surface area (Å²) in [6.45, 7) is 2.89. The maximum absolute atomic E-state index is 12.7. The van der Waals surface area contributed by atoms with E-state index in [0.29, 0.717) is 50.3 Å². The van der Waals surface area contributed by atoms with Crippen LogP contribution in [-0.4, -0.2) is 35.9 Å². The first-order chi connectivity index (χ1) is 17.6. The molecule has 0 spiro atoms. The van der Waals surface area contributed by atoms with Crippen LogP contribution in [0.2, 0.25) is 0 Å². The van der Waals surface area contributed by atoms with Gasteiger partial charge >= 0.3 is 6.09 Å². The molecule has 4 rings (SSSR count). The van der Waals surface area contributed by atoms with Crippen molar-refractivity contribution in [2.45, 2.75) is 51.7 Å². The van der Waals surface area contributed by atoms with Gasteiger partial charge in [0.05, 0.1) is 6.61 Å². The van der Waals surface area contributed by atoms with Crippen molar-refractivity contribution in [3.63, 3.8) is 0 Å². The molecule has 188 valence electrons. The minimum atomic E-state index is -0.454. The molecule has 2 aromatic heterocycles. The van der Waals surface area contributed by atoms with E-state index < -0.39 is 6.09 Å². The molecule has 0 saturated heterocycles. The number of para-hydroxylation sites is 1. The zero-order valence-corrected chi connectivity index (χ0v) is 21.0. The zero-order chi connectivity index (χ0) is 25.3. The Labute approximate surface area is 214 Å². The van der Waals surface area contributed by atoms with Crippen LogP contribution in [-0.2, 0) is 35.3 Å². The molecule has 8 nitrogen and oxygen atoms in total. The quantitative estimate of drug-likeness (QED) is 0.339. The molecule has 0 radical (unpaired) electrons. The van der Waals surface area contributed by atoms with Gasteiger partial charge in [-0.25, -0.2) is 4.79 Å². The van der Waals surface area contributed by atoms with Crippen molar-refractivity contribution in [2.24, 2.45) is 0 Å². The smallest absolute Gasteiger partial charge is 0.407 e. The number of nitrogens with zero attached hydrogens (tertiary/aromatic N) is 1. The Hall–Kier alpha value is -3.72. The molecule has 0 aliphatic heterocycles. The second-order valence-corrected chi connectivity index (χ2v) is 9.56. The van der Waals surface area contributed by atoms with Crippen LogP contribution in [0.5, 0.6) is 5.75 Å². The number of carbonyl (C=O) groups excluding carboxylic acids is 2. The SMILES string of the molecule is CCOc1ccccc1CCC(=O)Nc1sc2c(c1C=N)CCC(OC(=O)NCc1ccncc1)C2. The zero-order valence-electron chi connectivity index (χ0n) is 20.2. The van der Waals surface area contributed by atoms with Gasteiger partial charge in [-0.2, -0.15) is 0 Å². The first kappa shape index (κ1) is 25.4. The summed E-state index contributed by atoms with van der Waals surface area (Å²) >= 11 is 1.46. The number of benzene rings is 1. The van der Waals surface area contributed by atoms with Crippen molar-refractivity contribution in [2.75, 3.05) is 11.9 Å². The summed E-state index contributed by atoms with van der Waals surface area (Å²) < 4.78 is 11.3. The Morgan fingerprint density at radius 2 is 2.03 bits per heavy atom. The minimum absolute atomic E-state index is 0.105. The number of pyridine rings is 1. The van der Waals surface area contributed by atoms with Gasteiger partial charge in [0.1, 0.15) is 16.9 Å². The number of hydrogen-bond acceptors (Lipinski definition) is 7. The number of anilines is 1. The Kier molecular flexibility index (Phi) is 8.67. The molecule has 2 heterocycles. The van der Waals surface area contributed by atoms with Gasteiger partial charge in [-0.05, 0) is 61.1 Å². The summed E-state index contributed by atoms with van der Waals surface area (Å²) in [5, 5.41) is 14.4. The molecular formula is C27H30N4O4S. The van der Waals surface area contributed by atoms with Crippen LogP contribution in [0.1, 0.15) is 46.9 Å². The molecule has 1 aliphatic carbocycles. The number of rotatable bonds is 10. The molecule has 1 unspecified atom stereocenters. The van der Waals surface area contributed by atoms with Crippen LogP contribution in [0.25, 0.3) is 0 Å². The average molecular weight is 507 g/mol. The van der Waals surface area contributed by atoms with E-state index in [1.165, 1.54) is 17.6 Å². The summed E-state index contributed by atoms with van der Waals surface area (Å²) in [4.78, 5) is 30.0. The molecule has 0 bridgehead atoms. The molecular weight excluding hydrogens is 476 g/mol. The van der Waals surface area contributed by atoms with Crippen LogP contribution in [0.3, 0.4) is 0 Å². The molecule has 0 saturated carbocycles. The van der Waals surface area contributed by atoms with Gasteiger partial charge in [0.2, 0.25) is 5.91 Å². The average Bonchev–Trinajstić information content (AvgIpc) is 3.23. The van der Waals surface area contributed by atoms with E-state index in [2.05, 4.69) is 15.6 Å². The summed E-state index contributed by atoms with van der Waals surface area (Å²) in [5.41, 5.74) is 3.75. The lowest BCUT2D eigenvalue weighted by atomic mass is 9.93. The lowest BCUT2D eigenvalue weighted by Gasteiger charge is -2.22. The third-order valence-electron chi connectivity index (χ3n) is 6.01. The first-order valence-electron chi connectivity index (χ1n) is 12.1. The van der Waals surface area contributed by atoms with E-state index >= 15 is 0 Å². The van der Waals surface area contributed by atoms with Crippen molar-refractivity contribution >= 4 is 34.6 Å². The maximum Gasteiger partial charge on any atom is 0.407 e. The standard InChI is InChI=1S/C27H30N4O4S/c1-2-34-23-6-4-3-5-19(23)7-10-25(32)31-26-22(16-28)21-9-8-20(15-24(21)36-26)35-27(33)30-17-18-11-13-29-14-12-18/h3-6,11-14,16,20,28H,2,7-10,15,17H2,1H3,(H,30,33)(H,31,32). The second kappa shape index (κ2) is 12.3. The Bertz CT molecular complexity index is 1210. The van der Waals surface area contributed by atoms with Gasteiger partial charge in [0, 0.05) is 48.4 Å². The second-order valence-electron chi connectivity index (χ2n) is 8.46. The van der Waals surface area contributed by atoms with Crippen LogP contribution in [0.4, 0.5) is 9.80 Å². The summed E-state index contributed by atoms with van der Waals surface area (Å²) in [6, 6.07) is 11.4. The van der Waals surface area contributed by atoms with Gasteiger partial charge < -0.3 is 25.5 Å². The lowest BCUT2D eigenvalue weighted by Crippen LogP contribution is -2.31. The third-order valence-corrected chi connectivity index (χ3v) is 7.20. The third kappa shape index (κ3) is 6.48. The monoisotopic (exact) mass is 506 g/mol. The van der Waals surface area contributed by atoms with Crippen molar-refractivity contribution in [3.8, 4) is 5.75 Å². The predicted molar refractivity (Wildman–Crippen MR) is 140 cm³/mol. The molecule has 36 heavy (non-hydrogen) atoms. The first-order valence-corrected chi connectivity index (χ1v) is 12.9. The summed E-state index contributed by atoms with van der Waals surface area (Å²) in [6.07, 6.45) is 6.78. The highest BCUT2D eigenvalue weighted by atomic mass is 32.1. The molecule has 1 atom stereocenters. The summed E-state index contributed by atoms with van der Waals surface area (Å²) in [7, 11) is 0. The van der Waals surface area contributed by atoms with Gasteiger partial charge in [-0.1, -0.05) is 18.2 Å². The fourth-order valence-electron chi connectivity index (χ4n) is 4.24. The lowest BCUT2D eigenvalue weighted by molar-refractivity contribution is -0.116. The van der Waals surface area contributed by atoms with E-state index in [4.69, 9.17) is 14.9 Å². The number of aryl methyl sites for hydroxylation is 1. The Morgan fingerprint density at radius 1 is 1.22 bits per heavy atom. The Morgan fingerprint density at radius 3 is 2.81 bits per heavy atom. The number of alkyl carbamates (subject to hydrolysis) is 1. The van der Waals surface area contributed by atoms with Crippen molar-refractivity contribution in [3.05, 3.63) is 75.9 Å². The highest BCUT2D eigenvalue weighted by Gasteiger charge is 2.27. The van der Waals surface area contributed by atoms with E-state index in [1.54, 1.807) is 12.4 Å². The molecule has 0 fully saturated rings. The predicted octanol–water partition coefficient (Wildman–Crippen LogP) is 4.89. The normalized spacial score (nSPS) is 14.4. The molecule has 2 amide bonds. The van der Waals surface area contributed by atoms with E-state index in [9.17, 15) is 9.59 Å².